The number of benzene rings is 2. The number of amides is 1. The van der Waals surface area contributed by atoms with E-state index in [4.69, 9.17) is 9.47 Å². The summed E-state index contributed by atoms with van der Waals surface area (Å²) in [6.45, 7) is 9.48. The third-order valence-electron chi connectivity index (χ3n) is 6.72. The fourth-order valence-corrected chi connectivity index (χ4v) is 4.78. The number of halogens is 1. The van der Waals surface area contributed by atoms with E-state index in [0.717, 1.165) is 36.8 Å². The monoisotopic (exact) mass is 572 g/mol. The van der Waals surface area contributed by atoms with Crippen molar-refractivity contribution < 1.29 is 24.2 Å². The Labute approximate surface area is 228 Å². The van der Waals surface area contributed by atoms with Gasteiger partial charge in [-0.2, -0.15) is 0 Å². The topological polar surface area (TPSA) is 79.3 Å². The number of carbonyl (C=O) groups is 2. The van der Waals surface area contributed by atoms with Crippen molar-refractivity contribution in [1.29, 1.82) is 0 Å². The third kappa shape index (κ3) is 6.73. The van der Waals surface area contributed by atoms with Crippen molar-refractivity contribution in [2.75, 3.05) is 39.9 Å². The van der Waals surface area contributed by atoms with Crippen LogP contribution in [0.25, 0.3) is 5.76 Å². The molecule has 0 aliphatic carbocycles. The zero-order valence-corrected chi connectivity index (χ0v) is 23.7. The summed E-state index contributed by atoms with van der Waals surface area (Å²) >= 11 is 3.40. The second kappa shape index (κ2) is 13.6. The summed E-state index contributed by atoms with van der Waals surface area (Å²) < 4.78 is 12.4. The predicted molar refractivity (Wildman–Crippen MR) is 149 cm³/mol. The van der Waals surface area contributed by atoms with Crippen LogP contribution >= 0.6 is 15.9 Å². The molecule has 1 saturated heterocycles. The average Bonchev–Trinajstić information content (AvgIpc) is 3.16. The normalized spacial score (nSPS) is 17.0. The van der Waals surface area contributed by atoms with Crippen molar-refractivity contribution in [3.05, 3.63) is 63.6 Å². The highest BCUT2D eigenvalue weighted by atomic mass is 79.9. The van der Waals surface area contributed by atoms with Crippen LogP contribution in [0, 0.1) is 0 Å². The van der Waals surface area contributed by atoms with Crippen LogP contribution in [0.3, 0.4) is 0 Å². The summed E-state index contributed by atoms with van der Waals surface area (Å²) in [5.41, 5.74) is 1.22. The Kier molecular flexibility index (Phi) is 10.6. The van der Waals surface area contributed by atoms with Crippen molar-refractivity contribution in [3.63, 3.8) is 0 Å². The molecule has 1 heterocycles. The molecule has 0 spiro atoms. The van der Waals surface area contributed by atoms with Crippen LogP contribution in [0.1, 0.15) is 57.2 Å². The van der Waals surface area contributed by atoms with Gasteiger partial charge in [0.2, 0.25) is 0 Å². The number of methoxy groups -OCH3 is 1. The van der Waals surface area contributed by atoms with Crippen LogP contribution in [0.5, 0.6) is 11.5 Å². The molecule has 37 heavy (non-hydrogen) atoms. The Morgan fingerprint density at radius 1 is 1.03 bits per heavy atom. The summed E-state index contributed by atoms with van der Waals surface area (Å²) in [7, 11) is 1.57. The molecule has 0 aromatic heterocycles. The van der Waals surface area contributed by atoms with E-state index in [1.54, 1.807) is 42.3 Å². The van der Waals surface area contributed by atoms with Crippen LogP contribution in [0.2, 0.25) is 0 Å². The first-order chi connectivity index (χ1) is 17.9. The Morgan fingerprint density at radius 3 is 2.35 bits per heavy atom. The molecule has 3 rings (SSSR count). The number of Topliss-reactive ketones (excluding diaryl/α,β-unsaturated/α-hetero) is 1. The SMILES string of the molecule is CCCCCOc1ccc(C2C(=C(O)c3ccc(Br)cc3)C(=O)C(=O)N2CCN(CC)CC)cc1OC. The van der Waals surface area contributed by atoms with Gasteiger partial charge in [-0.25, -0.2) is 0 Å². The number of aliphatic hydroxyl groups is 1. The van der Waals surface area contributed by atoms with Crippen molar-refractivity contribution in [3.8, 4) is 11.5 Å². The van der Waals surface area contributed by atoms with Crippen molar-refractivity contribution in [2.24, 2.45) is 0 Å². The Bertz CT molecular complexity index is 1110. The van der Waals surface area contributed by atoms with E-state index in [-0.39, 0.29) is 11.3 Å². The Hall–Kier alpha value is -2.84. The van der Waals surface area contributed by atoms with E-state index >= 15 is 0 Å². The number of carbonyl (C=O) groups excluding carboxylic acids is 2. The van der Waals surface area contributed by atoms with E-state index < -0.39 is 17.7 Å². The zero-order valence-electron chi connectivity index (χ0n) is 22.1. The second-order valence-corrected chi connectivity index (χ2v) is 9.91. The van der Waals surface area contributed by atoms with Crippen LogP contribution in [0.15, 0.2) is 52.5 Å². The molecule has 1 aliphatic heterocycles. The van der Waals surface area contributed by atoms with Gasteiger partial charge in [-0.3, -0.25) is 9.59 Å². The van der Waals surface area contributed by atoms with Crippen molar-refractivity contribution in [2.45, 2.75) is 46.1 Å². The molecular weight excluding hydrogens is 536 g/mol. The first kappa shape index (κ1) is 28.7. The summed E-state index contributed by atoms with van der Waals surface area (Å²) in [6, 6.07) is 11.7. The number of hydrogen-bond donors (Lipinski definition) is 1. The van der Waals surface area contributed by atoms with Crippen LogP contribution < -0.4 is 9.47 Å². The molecule has 2 aromatic rings. The summed E-state index contributed by atoms with van der Waals surface area (Å²) in [6.07, 6.45) is 3.13. The summed E-state index contributed by atoms with van der Waals surface area (Å²) in [4.78, 5) is 30.3. The Morgan fingerprint density at radius 2 is 1.73 bits per heavy atom. The maximum Gasteiger partial charge on any atom is 0.295 e. The number of unbranched alkanes of at least 4 members (excludes halogenated alkanes) is 2. The minimum absolute atomic E-state index is 0.0746. The molecule has 1 unspecified atom stereocenters. The summed E-state index contributed by atoms with van der Waals surface area (Å²) in [5.74, 6) is -0.374. The molecule has 200 valence electrons. The lowest BCUT2D eigenvalue weighted by atomic mass is 9.95. The van der Waals surface area contributed by atoms with Gasteiger partial charge in [-0.1, -0.05) is 67.7 Å². The highest BCUT2D eigenvalue weighted by Gasteiger charge is 2.46. The molecule has 0 bridgehead atoms. The lowest BCUT2D eigenvalue weighted by Gasteiger charge is -2.28. The molecule has 0 saturated carbocycles. The predicted octanol–water partition coefficient (Wildman–Crippen LogP) is 5.79. The summed E-state index contributed by atoms with van der Waals surface area (Å²) in [5, 5.41) is 11.3. The highest BCUT2D eigenvalue weighted by molar-refractivity contribution is 9.10. The van der Waals surface area contributed by atoms with Crippen LogP contribution in [-0.4, -0.2) is 66.5 Å². The number of aliphatic hydroxyl groups excluding tert-OH is 1. The van der Waals surface area contributed by atoms with Crippen molar-refractivity contribution >= 4 is 33.4 Å². The lowest BCUT2D eigenvalue weighted by Crippen LogP contribution is -2.38. The van der Waals surface area contributed by atoms with Gasteiger partial charge < -0.3 is 24.4 Å². The van der Waals surface area contributed by atoms with Gasteiger partial charge in [0, 0.05) is 23.1 Å². The number of likely N-dealkylation sites (tertiary alicyclic amines) is 1. The van der Waals surface area contributed by atoms with Crippen LogP contribution in [0.4, 0.5) is 0 Å². The quantitative estimate of drug-likeness (QED) is 0.142. The maximum absolute atomic E-state index is 13.3. The zero-order chi connectivity index (χ0) is 26.9. The number of likely N-dealkylation sites (N-methyl/N-ethyl adjacent to an activating group) is 1. The molecule has 8 heteroatoms. The van der Waals surface area contributed by atoms with Gasteiger partial charge in [-0.15, -0.1) is 0 Å². The van der Waals surface area contributed by atoms with Gasteiger partial charge in [0.25, 0.3) is 11.7 Å². The number of rotatable bonds is 13. The maximum atomic E-state index is 13.3. The van der Waals surface area contributed by atoms with E-state index in [1.165, 1.54) is 0 Å². The molecule has 0 radical (unpaired) electrons. The molecule has 1 amide bonds. The van der Waals surface area contributed by atoms with E-state index in [1.807, 2.05) is 12.1 Å². The number of ketones is 1. The van der Waals surface area contributed by atoms with E-state index in [0.29, 0.717) is 42.3 Å². The minimum atomic E-state index is -0.748. The van der Waals surface area contributed by atoms with E-state index in [9.17, 15) is 14.7 Å². The molecule has 2 aromatic carbocycles. The Balaban J connectivity index is 2.06. The van der Waals surface area contributed by atoms with Gasteiger partial charge in [-0.05, 0) is 49.3 Å². The van der Waals surface area contributed by atoms with Gasteiger partial charge in [0.1, 0.15) is 5.76 Å². The number of nitrogens with zero attached hydrogens (tertiary/aromatic N) is 2. The molecule has 1 atom stereocenters. The first-order valence-electron chi connectivity index (χ1n) is 12.9. The third-order valence-corrected chi connectivity index (χ3v) is 7.25. The molecule has 1 N–H and O–H groups in total. The van der Waals surface area contributed by atoms with Gasteiger partial charge in [0.15, 0.2) is 11.5 Å². The first-order valence-corrected chi connectivity index (χ1v) is 13.7. The van der Waals surface area contributed by atoms with E-state index in [2.05, 4.69) is 41.6 Å². The highest BCUT2D eigenvalue weighted by Crippen LogP contribution is 2.42. The fourth-order valence-electron chi connectivity index (χ4n) is 4.52. The smallest absolute Gasteiger partial charge is 0.295 e. The van der Waals surface area contributed by atoms with Crippen LogP contribution in [-0.2, 0) is 9.59 Å². The second-order valence-electron chi connectivity index (χ2n) is 8.99. The molecule has 1 aliphatic rings. The van der Waals surface area contributed by atoms with Gasteiger partial charge >= 0.3 is 0 Å². The standard InChI is InChI=1S/C29H37BrN2O5/c1-5-8-9-18-37-23-15-12-21(19-24(23)36-4)26-25(27(33)20-10-13-22(30)14-11-20)28(34)29(35)32(26)17-16-31(6-2)7-3/h10-15,19,26,33H,5-9,16-18H2,1-4H3. The number of hydrogen-bond acceptors (Lipinski definition) is 6. The van der Waals surface area contributed by atoms with Gasteiger partial charge in [0.05, 0.1) is 25.3 Å². The average molecular weight is 574 g/mol. The molecule has 1 fully saturated rings. The largest absolute Gasteiger partial charge is 0.507 e. The fraction of sp³-hybridized carbons (Fsp3) is 0.448. The lowest BCUT2D eigenvalue weighted by molar-refractivity contribution is -0.140. The molecule has 7 nitrogen and oxygen atoms in total. The number of ether oxygens (including phenoxy) is 2. The minimum Gasteiger partial charge on any atom is -0.507 e. The molecular formula is C29H37BrN2O5. The van der Waals surface area contributed by atoms with Crippen molar-refractivity contribution in [1.82, 2.24) is 9.80 Å².